The van der Waals surface area contributed by atoms with Crippen LogP contribution in [0.15, 0.2) is 29.0 Å². The molecular formula is C15H17BrN6O2S2. The first kappa shape index (κ1) is 19.1. The van der Waals surface area contributed by atoms with Gasteiger partial charge in [0.05, 0.1) is 10.2 Å². The molecule has 3 rings (SSSR count). The van der Waals surface area contributed by atoms with Crippen LogP contribution >= 0.6 is 27.3 Å². The van der Waals surface area contributed by atoms with Crippen LogP contribution in [-0.4, -0.2) is 46.9 Å². The summed E-state index contributed by atoms with van der Waals surface area (Å²) in [5, 5.41) is 15.3. The van der Waals surface area contributed by atoms with Crippen molar-refractivity contribution in [2.45, 2.75) is 19.0 Å². The van der Waals surface area contributed by atoms with E-state index >= 15 is 0 Å². The number of hydrogen-bond acceptors (Lipinski definition) is 9. The van der Waals surface area contributed by atoms with Gasteiger partial charge < -0.3 is 11.1 Å². The van der Waals surface area contributed by atoms with Crippen molar-refractivity contribution in [3.8, 4) is 0 Å². The number of hydrogen-bond donors (Lipinski definition) is 2. The van der Waals surface area contributed by atoms with Crippen molar-refractivity contribution in [3.63, 3.8) is 0 Å². The molecule has 8 nitrogen and oxygen atoms in total. The minimum Gasteiger partial charge on any atom is -0.363 e. The lowest BCUT2D eigenvalue weighted by Gasteiger charge is -2.08. The van der Waals surface area contributed by atoms with Gasteiger partial charge >= 0.3 is 0 Å². The number of anilines is 1. The van der Waals surface area contributed by atoms with E-state index in [-0.39, 0.29) is 5.75 Å². The Hall–Kier alpha value is -1.69. The predicted octanol–water partition coefficient (Wildman–Crippen LogP) is 1.77. The number of aromatic nitrogens is 4. The van der Waals surface area contributed by atoms with E-state index in [9.17, 15) is 8.42 Å². The summed E-state index contributed by atoms with van der Waals surface area (Å²) in [6.45, 7) is 0.578. The number of thiophene rings is 1. The van der Waals surface area contributed by atoms with E-state index in [0.717, 1.165) is 19.6 Å². The lowest BCUT2D eigenvalue weighted by molar-refractivity contribution is 0.592. The van der Waals surface area contributed by atoms with Gasteiger partial charge in [0, 0.05) is 36.1 Å². The summed E-state index contributed by atoms with van der Waals surface area (Å²) in [7, 11) is -3.13. The fourth-order valence-electron chi connectivity index (χ4n) is 2.47. The van der Waals surface area contributed by atoms with Crippen molar-refractivity contribution < 1.29 is 8.42 Å². The van der Waals surface area contributed by atoms with Crippen molar-refractivity contribution in [1.29, 1.82) is 0 Å². The van der Waals surface area contributed by atoms with Gasteiger partial charge in [0.15, 0.2) is 5.82 Å². The Morgan fingerprint density at radius 3 is 2.73 bits per heavy atom. The van der Waals surface area contributed by atoms with Crippen molar-refractivity contribution in [1.82, 2.24) is 20.4 Å². The van der Waals surface area contributed by atoms with Crippen molar-refractivity contribution in [2.75, 3.05) is 17.3 Å². The molecule has 3 aromatic heterocycles. The molecule has 3 heterocycles. The van der Waals surface area contributed by atoms with Crippen molar-refractivity contribution in [2.24, 2.45) is 5.73 Å². The highest BCUT2D eigenvalue weighted by Gasteiger charge is 2.19. The first-order valence-corrected chi connectivity index (χ1v) is 11.4. The topological polar surface area (TPSA) is 124 Å². The average molecular weight is 457 g/mol. The van der Waals surface area contributed by atoms with Gasteiger partial charge in [0.2, 0.25) is 0 Å². The summed E-state index contributed by atoms with van der Waals surface area (Å²) in [6.07, 6.45) is 5.07. The average Bonchev–Trinajstić information content (AvgIpc) is 2.89. The first-order chi connectivity index (χ1) is 12.3. The maximum absolute atomic E-state index is 11.4. The van der Waals surface area contributed by atoms with Crippen LogP contribution in [0, 0.1) is 0 Å². The van der Waals surface area contributed by atoms with Crippen LogP contribution in [0.2, 0.25) is 0 Å². The minimum atomic E-state index is -3.13. The quantitative estimate of drug-likeness (QED) is 0.550. The molecule has 11 heteroatoms. The molecule has 3 N–H and O–H groups in total. The van der Waals surface area contributed by atoms with Gasteiger partial charge in [-0.05, 0) is 45.3 Å². The molecule has 0 amide bonds. The number of nitrogens with one attached hydrogen (secondary N) is 1. The second-order valence-electron chi connectivity index (χ2n) is 5.92. The zero-order valence-electron chi connectivity index (χ0n) is 13.9. The second kappa shape index (κ2) is 7.91. The third-order valence-corrected chi connectivity index (χ3v) is 6.93. The second-order valence-corrected chi connectivity index (χ2v) is 10.0. The summed E-state index contributed by atoms with van der Waals surface area (Å²) < 4.78 is 24.5. The maximum Gasteiger partial charge on any atom is 0.170 e. The number of halogens is 1. The van der Waals surface area contributed by atoms with E-state index in [1.54, 1.807) is 12.4 Å². The smallest absolute Gasteiger partial charge is 0.170 e. The highest BCUT2D eigenvalue weighted by Crippen LogP contribution is 2.37. The van der Waals surface area contributed by atoms with Gasteiger partial charge in [-0.25, -0.2) is 8.42 Å². The number of nitrogens with zero attached hydrogens (tertiary/aromatic N) is 4. The summed E-state index contributed by atoms with van der Waals surface area (Å²) in [5.41, 5.74) is 7.74. The molecular weight excluding hydrogens is 440 g/mol. The fourth-order valence-corrected chi connectivity index (χ4v) is 5.36. The summed E-state index contributed by atoms with van der Waals surface area (Å²) >= 11 is 5.01. The molecule has 0 unspecified atom stereocenters. The lowest BCUT2D eigenvalue weighted by Crippen LogP contribution is -2.31. The minimum absolute atomic E-state index is 0.0647. The largest absolute Gasteiger partial charge is 0.363 e. The highest BCUT2D eigenvalue weighted by atomic mass is 79.9. The first-order valence-electron chi connectivity index (χ1n) is 7.70. The van der Waals surface area contributed by atoms with E-state index in [2.05, 4.69) is 41.6 Å². The van der Waals surface area contributed by atoms with Gasteiger partial charge in [0.25, 0.3) is 0 Å². The van der Waals surface area contributed by atoms with E-state index in [1.807, 2.05) is 12.1 Å². The van der Waals surface area contributed by atoms with Gasteiger partial charge in [0.1, 0.15) is 20.1 Å². The Morgan fingerprint density at radius 1 is 1.31 bits per heavy atom. The normalized spacial score (nSPS) is 13.0. The van der Waals surface area contributed by atoms with Crippen LogP contribution in [0.1, 0.15) is 10.4 Å². The zero-order chi connectivity index (χ0) is 18.7. The van der Waals surface area contributed by atoms with Crippen LogP contribution in [-0.2, 0) is 22.8 Å². The number of rotatable bonds is 7. The molecule has 138 valence electrons. The molecule has 0 aliphatic rings. The van der Waals surface area contributed by atoms with E-state index < -0.39 is 15.9 Å². The van der Waals surface area contributed by atoms with Crippen LogP contribution in [0.5, 0.6) is 0 Å². The number of sulfone groups is 1. The van der Waals surface area contributed by atoms with E-state index in [1.165, 1.54) is 17.6 Å². The van der Waals surface area contributed by atoms with E-state index in [0.29, 0.717) is 24.3 Å². The molecule has 0 aliphatic carbocycles. The molecule has 0 aromatic carbocycles. The summed E-state index contributed by atoms with van der Waals surface area (Å²) in [5.74, 6) is 0.561. The van der Waals surface area contributed by atoms with E-state index in [4.69, 9.17) is 5.73 Å². The third kappa shape index (κ3) is 4.72. The molecule has 26 heavy (non-hydrogen) atoms. The number of pyridine rings is 1. The molecule has 3 aromatic rings. The molecule has 0 radical (unpaired) electrons. The van der Waals surface area contributed by atoms with Crippen molar-refractivity contribution in [3.05, 3.63) is 39.4 Å². The van der Waals surface area contributed by atoms with Gasteiger partial charge in [-0.1, -0.05) is 0 Å². The Morgan fingerprint density at radius 2 is 2.04 bits per heavy atom. The Bertz CT molecular complexity index is 1010. The Labute approximate surface area is 163 Å². The van der Waals surface area contributed by atoms with Crippen LogP contribution < -0.4 is 11.1 Å². The molecule has 0 spiro atoms. The molecule has 0 saturated carbocycles. The monoisotopic (exact) mass is 456 g/mol. The van der Waals surface area contributed by atoms with Gasteiger partial charge in [-0.2, -0.15) is 0 Å². The number of nitrogens with two attached hydrogens (primary N) is 1. The highest BCUT2D eigenvalue weighted by molar-refractivity contribution is 9.10. The molecule has 0 bridgehead atoms. The lowest BCUT2D eigenvalue weighted by atomic mass is 10.2. The van der Waals surface area contributed by atoms with Gasteiger partial charge in [-0.3, -0.25) is 4.98 Å². The predicted molar refractivity (Wildman–Crippen MR) is 106 cm³/mol. The Kier molecular flexibility index (Phi) is 5.80. The summed E-state index contributed by atoms with van der Waals surface area (Å²) in [6, 6.07) is 3.35. The van der Waals surface area contributed by atoms with Gasteiger partial charge in [-0.15, -0.1) is 21.5 Å². The van der Waals surface area contributed by atoms with Crippen molar-refractivity contribution >= 4 is 53.1 Å². The van der Waals surface area contributed by atoms with Crippen LogP contribution in [0.25, 0.3) is 10.2 Å². The standard InChI is InChI=1S/C15H17BrN6O2S2/c1-26(23,24)8-10(17)6-11-12(16)13-14(25-11)15(21-22-20-13)19-7-9-2-4-18-5-3-9/h2-5,10H,6-8,17H2,1H3,(H,19,20,21)/t10-/m1/s1. The molecule has 0 aliphatic heterocycles. The maximum atomic E-state index is 11.4. The van der Waals surface area contributed by atoms with Crippen LogP contribution in [0.3, 0.4) is 0 Å². The fraction of sp³-hybridized carbons (Fsp3) is 0.333. The zero-order valence-corrected chi connectivity index (χ0v) is 17.1. The molecule has 0 saturated heterocycles. The van der Waals surface area contributed by atoms with Crippen LogP contribution in [0.4, 0.5) is 5.82 Å². The SMILES string of the molecule is CS(=O)(=O)C[C@H](N)Cc1sc2c(NCc3ccncc3)nnnc2c1Br. The summed E-state index contributed by atoms with van der Waals surface area (Å²) in [4.78, 5) is 4.92. The Balaban J connectivity index is 1.83. The third-order valence-electron chi connectivity index (χ3n) is 3.57. The molecule has 0 fully saturated rings. The number of fused-ring (bicyclic) bond motifs is 1. The molecule has 1 atom stereocenters.